The van der Waals surface area contributed by atoms with Crippen LogP contribution >= 0.6 is 0 Å². The Balaban J connectivity index is 0. The Hall–Kier alpha value is -1.14. The van der Waals surface area contributed by atoms with E-state index >= 15 is 0 Å². The number of unbranched alkanes of at least 4 members (excludes halogenated alkanes) is 18. The molecule has 0 unspecified atom stereocenters. The molecule has 0 aliphatic carbocycles. The van der Waals surface area contributed by atoms with E-state index in [-0.39, 0.29) is 0 Å². The smallest absolute Gasteiger partial charge is 0.314 e. The van der Waals surface area contributed by atoms with Crippen molar-refractivity contribution >= 4 is 11.9 Å². The fourth-order valence-corrected chi connectivity index (χ4v) is 3.54. The minimum atomic E-state index is -1.39. The molecule has 0 aromatic heterocycles. The molecule has 0 aromatic rings. The molecule has 33 heavy (non-hydrogen) atoms. The molecule has 0 rings (SSSR count). The van der Waals surface area contributed by atoms with Crippen molar-refractivity contribution in [2.75, 3.05) is 13.2 Å². The summed E-state index contributed by atoms with van der Waals surface area (Å²) < 4.78 is 0. The molecule has 0 radical (unpaired) electrons. The van der Waals surface area contributed by atoms with E-state index in [0.29, 0.717) is 6.42 Å². The fourth-order valence-electron chi connectivity index (χ4n) is 3.54. The van der Waals surface area contributed by atoms with Gasteiger partial charge in [0.15, 0.2) is 0 Å². The van der Waals surface area contributed by atoms with Gasteiger partial charge in [0, 0.05) is 6.42 Å². The second-order valence-corrected chi connectivity index (χ2v) is 9.69. The van der Waals surface area contributed by atoms with Gasteiger partial charge < -0.3 is 20.4 Å². The van der Waals surface area contributed by atoms with Crippen LogP contribution in [-0.2, 0) is 9.59 Å². The third-order valence-corrected chi connectivity index (χ3v) is 6.21. The van der Waals surface area contributed by atoms with Gasteiger partial charge in [-0.25, -0.2) is 0 Å². The highest BCUT2D eigenvalue weighted by Gasteiger charge is 2.31. The standard InChI is InChI=1S/C22H44O2.C5H10O4/c1-2-3-4-5-6-7-8-9-10-11-12-13-14-15-16-17-18-19-20-21-22(23)24;1-5(2-6,3-7)4(8)9/h2-21H2,1H3,(H,23,24);6-7H,2-3H2,1H3,(H,8,9). The Labute approximate surface area is 203 Å². The van der Waals surface area contributed by atoms with Crippen LogP contribution in [0.4, 0.5) is 0 Å². The summed E-state index contributed by atoms with van der Waals surface area (Å²) in [5, 5.41) is 33.7. The molecule has 0 amide bonds. The van der Waals surface area contributed by atoms with E-state index in [2.05, 4.69) is 6.92 Å². The lowest BCUT2D eigenvalue weighted by Crippen LogP contribution is -2.35. The van der Waals surface area contributed by atoms with Crippen molar-refractivity contribution < 1.29 is 30.0 Å². The molecule has 6 nitrogen and oxygen atoms in total. The second kappa shape index (κ2) is 25.5. The molecule has 0 saturated carbocycles. The predicted molar refractivity (Wildman–Crippen MR) is 136 cm³/mol. The number of carboxylic acids is 2. The normalized spacial score (nSPS) is 11.2. The van der Waals surface area contributed by atoms with Crippen molar-refractivity contribution in [3.05, 3.63) is 0 Å². The molecule has 6 heteroatoms. The van der Waals surface area contributed by atoms with Gasteiger partial charge in [-0.2, -0.15) is 0 Å². The molecule has 0 aliphatic rings. The molecule has 0 aromatic carbocycles. The third-order valence-electron chi connectivity index (χ3n) is 6.21. The maximum atomic E-state index is 10.4. The van der Waals surface area contributed by atoms with E-state index in [0.717, 1.165) is 12.8 Å². The van der Waals surface area contributed by atoms with Crippen LogP contribution in [0.3, 0.4) is 0 Å². The molecule has 0 fully saturated rings. The summed E-state index contributed by atoms with van der Waals surface area (Å²) in [5.41, 5.74) is -1.39. The molecule has 0 heterocycles. The summed E-state index contributed by atoms with van der Waals surface area (Å²) in [5.74, 6) is -1.84. The minimum Gasteiger partial charge on any atom is -0.481 e. The number of hydrogen-bond acceptors (Lipinski definition) is 4. The van der Waals surface area contributed by atoms with Gasteiger partial charge in [0.1, 0.15) is 5.41 Å². The van der Waals surface area contributed by atoms with Crippen LogP contribution in [0.2, 0.25) is 0 Å². The maximum absolute atomic E-state index is 10.4. The maximum Gasteiger partial charge on any atom is 0.314 e. The van der Waals surface area contributed by atoms with Gasteiger partial charge in [-0.3, -0.25) is 9.59 Å². The fraction of sp³-hybridized carbons (Fsp3) is 0.926. The zero-order valence-corrected chi connectivity index (χ0v) is 21.7. The average molecular weight is 475 g/mol. The first-order chi connectivity index (χ1) is 15.8. The number of carboxylic acid groups (broad SMARTS) is 2. The summed E-state index contributed by atoms with van der Waals surface area (Å²) >= 11 is 0. The number of rotatable bonds is 23. The summed E-state index contributed by atoms with van der Waals surface area (Å²) in [7, 11) is 0. The Morgan fingerprint density at radius 2 is 0.818 bits per heavy atom. The molecule has 0 bridgehead atoms. The molecule has 0 aliphatic heterocycles. The van der Waals surface area contributed by atoms with Gasteiger partial charge in [-0.1, -0.05) is 122 Å². The molecule has 4 N–H and O–H groups in total. The molecule has 0 saturated heterocycles. The third kappa shape index (κ3) is 25.3. The number of aliphatic hydroxyl groups is 2. The van der Waals surface area contributed by atoms with Gasteiger partial charge in [0.05, 0.1) is 13.2 Å². The summed E-state index contributed by atoms with van der Waals surface area (Å²) in [6, 6.07) is 0. The molecule has 0 atom stereocenters. The minimum absolute atomic E-state index is 0.346. The number of aliphatic carboxylic acids is 2. The van der Waals surface area contributed by atoms with E-state index in [9.17, 15) is 9.59 Å². The van der Waals surface area contributed by atoms with E-state index in [4.69, 9.17) is 20.4 Å². The topological polar surface area (TPSA) is 115 Å². The highest BCUT2D eigenvalue weighted by Crippen LogP contribution is 2.15. The van der Waals surface area contributed by atoms with Gasteiger partial charge in [0.25, 0.3) is 0 Å². The van der Waals surface area contributed by atoms with E-state index in [1.54, 1.807) is 0 Å². The monoisotopic (exact) mass is 474 g/mol. The summed E-state index contributed by atoms with van der Waals surface area (Å²) in [6.07, 6.45) is 26.1. The second-order valence-electron chi connectivity index (χ2n) is 9.69. The van der Waals surface area contributed by atoms with Crippen LogP contribution in [0.1, 0.15) is 142 Å². The van der Waals surface area contributed by atoms with Crippen molar-refractivity contribution in [3.8, 4) is 0 Å². The zero-order chi connectivity index (χ0) is 25.2. The van der Waals surface area contributed by atoms with Crippen LogP contribution in [0, 0.1) is 5.41 Å². The quantitative estimate of drug-likeness (QED) is 0.119. The SMILES string of the molecule is CC(CO)(CO)C(=O)O.CCCCCCCCCCCCCCCCCCCCCC(=O)O. The number of hydrogen-bond donors (Lipinski definition) is 4. The van der Waals surface area contributed by atoms with E-state index in [1.165, 1.54) is 116 Å². The molecular weight excluding hydrogens is 420 g/mol. The van der Waals surface area contributed by atoms with Crippen molar-refractivity contribution in [2.45, 2.75) is 142 Å². The largest absolute Gasteiger partial charge is 0.481 e. The van der Waals surface area contributed by atoms with E-state index < -0.39 is 30.6 Å². The lowest BCUT2D eigenvalue weighted by atomic mass is 9.94. The van der Waals surface area contributed by atoms with Crippen LogP contribution in [0.25, 0.3) is 0 Å². The number of carbonyl (C=O) groups is 2. The Morgan fingerprint density at radius 1 is 0.545 bits per heavy atom. The average Bonchev–Trinajstić information content (AvgIpc) is 2.80. The van der Waals surface area contributed by atoms with Crippen molar-refractivity contribution in [1.82, 2.24) is 0 Å². The first kappa shape index (κ1) is 34.0. The van der Waals surface area contributed by atoms with Gasteiger partial charge in [0.2, 0.25) is 0 Å². The van der Waals surface area contributed by atoms with Gasteiger partial charge in [-0.05, 0) is 13.3 Å². The van der Waals surface area contributed by atoms with Crippen molar-refractivity contribution in [2.24, 2.45) is 5.41 Å². The lowest BCUT2D eigenvalue weighted by molar-refractivity contribution is -0.153. The van der Waals surface area contributed by atoms with Gasteiger partial charge in [-0.15, -0.1) is 0 Å². The lowest BCUT2D eigenvalue weighted by Gasteiger charge is -2.17. The Kier molecular flexibility index (Phi) is 26.3. The number of aliphatic hydroxyl groups excluding tert-OH is 2. The van der Waals surface area contributed by atoms with Crippen LogP contribution in [0.15, 0.2) is 0 Å². The van der Waals surface area contributed by atoms with Crippen LogP contribution < -0.4 is 0 Å². The first-order valence-corrected chi connectivity index (χ1v) is 13.5. The zero-order valence-electron chi connectivity index (χ0n) is 21.7. The Morgan fingerprint density at radius 3 is 1.00 bits per heavy atom. The predicted octanol–water partition coefficient (Wildman–Crippen LogP) is 6.95. The van der Waals surface area contributed by atoms with Crippen LogP contribution in [-0.4, -0.2) is 45.6 Å². The highest BCUT2D eigenvalue weighted by molar-refractivity contribution is 5.74. The summed E-state index contributed by atoms with van der Waals surface area (Å²) in [4.78, 5) is 20.5. The molecule has 0 spiro atoms. The molecule has 198 valence electrons. The van der Waals surface area contributed by atoms with Crippen molar-refractivity contribution in [3.63, 3.8) is 0 Å². The Bertz CT molecular complexity index is 434. The summed E-state index contributed by atoms with van der Waals surface area (Å²) in [6.45, 7) is 2.47. The molecular formula is C27H54O6. The highest BCUT2D eigenvalue weighted by atomic mass is 16.4. The first-order valence-electron chi connectivity index (χ1n) is 13.5. The van der Waals surface area contributed by atoms with Crippen LogP contribution in [0.5, 0.6) is 0 Å². The van der Waals surface area contributed by atoms with Crippen molar-refractivity contribution in [1.29, 1.82) is 0 Å². The van der Waals surface area contributed by atoms with E-state index in [1.807, 2.05) is 0 Å². The van der Waals surface area contributed by atoms with Gasteiger partial charge >= 0.3 is 11.9 Å².